The van der Waals surface area contributed by atoms with Crippen molar-refractivity contribution in [1.82, 2.24) is 24.4 Å². The Morgan fingerprint density at radius 3 is 2.60 bits per heavy atom. The molecule has 1 aliphatic heterocycles. The van der Waals surface area contributed by atoms with Gasteiger partial charge in [0.05, 0.1) is 40.9 Å². The number of morpholine rings is 1. The molecule has 1 aromatic carbocycles. The summed E-state index contributed by atoms with van der Waals surface area (Å²) in [5, 5.41) is 11.6. The van der Waals surface area contributed by atoms with Gasteiger partial charge in [-0.2, -0.15) is 13.2 Å². The van der Waals surface area contributed by atoms with Crippen molar-refractivity contribution in [3.8, 4) is 5.82 Å². The number of aliphatic carboxylic acids is 1. The van der Waals surface area contributed by atoms with E-state index in [0.717, 1.165) is 21.6 Å². The van der Waals surface area contributed by atoms with E-state index in [1.807, 2.05) is 0 Å². The number of pyridine rings is 2. The van der Waals surface area contributed by atoms with E-state index in [1.54, 1.807) is 0 Å². The fourth-order valence-corrected chi connectivity index (χ4v) is 5.25. The van der Waals surface area contributed by atoms with Crippen LogP contribution < -0.4 is 21.5 Å². The van der Waals surface area contributed by atoms with Crippen molar-refractivity contribution in [3.63, 3.8) is 0 Å². The van der Waals surface area contributed by atoms with Crippen LogP contribution in [0.4, 0.5) is 23.2 Å². The Morgan fingerprint density at radius 2 is 1.96 bits per heavy atom. The predicted molar refractivity (Wildman–Crippen MR) is 152 cm³/mol. The molecule has 2 atom stereocenters. The van der Waals surface area contributed by atoms with Crippen molar-refractivity contribution < 1.29 is 37.0 Å². The summed E-state index contributed by atoms with van der Waals surface area (Å²) in [7, 11) is 1.46. The van der Waals surface area contributed by atoms with Gasteiger partial charge >= 0.3 is 17.8 Å². The van der Waals surface area contributed by atoms with Gasteiger partial charge in [-0.15, -0.1) is 0 Å². The molecule has 1 saturated heterocycles. The molecule has 0 aliphatic carbocycles. The van der Waals surface area contributed by atoms with Crippen molar-refractivity contribution in [3.05, 3.63) is 91.7 Å². The van der Waals surface area contributed by atoms with E-state index >= 15 is 4.39 Å². The number of hydrogen-bond donors (Lipinski definition) is 2. The summed E-state index contributed by atoms with van der Waals surface area (Å²) in [6.07, 6.45) is -1.04. The van der Waals surface area contributed by atoms with Crippen LogP contribution in [0.3, 0.4) is 0 Å². The van der Waals surface area contributed by atoms with E-state index in [9.17, 15) is 37.5 Å². The monoisotopic (exact) mass is 650 g/mol. The number of hydrogen-bond acceptors (Lipinski definition) is 8. The highest BCUT2D eigenvalue weighted by Crippen LogP contribution is 2.34. The van der Waals surface area contributed by atoms with Crippen LogP contribution in [0.15, 0.2) is 58.5 Å². The van der Waals surface area contributed by atoms with E-state index in [0.29, 0.717) is 5.52 Å². The Labute approximate surface area is 255 Å². The zero-order chi connectivity index (χ0) is 32.6. The smallest absolute Gasteiger partial charge is 0.411 e. The van der Waals surface area contributed by atoms with Crippen molar-refractivity contribution in [1.29, 1.82) is 0 Å². The van der Waals surface area contributed by atoms with Gasteiger partial charge in [0.2, 0.25) is 0 Å². The number of carbonyl (C=O) groups is 2. The summed E-state index contributed by atoms with van der Waals surface area (Å²) in [5.74, 6) is -4.00. The quantitative estimate of drug-likeness (QED) is 0.288. The van der Waals surface area contributed by atoms with Gasteiger partial charge in [-0.1, -0.05) is 17.7 Å². The number of alkyl halides is 3. The number of halogens is 5. The standard InChI is InChI=1S/C28H23ClF4N6O6/c1-37-20-12-34-5-4-16(20)25(41)39(27(37)44)22-3-2-14(11-35-22)8-19(26(42)43)36-24(40)23-17(29)9-15(10-18(23)30)38-6-7-45-13-21(38)28(31,32)33/h2-5,9-12,19,21H,6-8,13H2,1H3,(H,36,40)(H,42,43)/t19?,21-/m1/s1. The highest BCUT2D eigenvalue weighted by molar-refractivity contribution is 6.34. The number of ether oxygens (including phenoxy) is 1. The van der Waals surface area contributed by atoms with Crippen LogP contribution in [0.2, 0.25) is 5.02 Å². The molecule has 236 valence electrons. The molecule has 12 nitrogen and oxygen atoms in total. The molecule has 45 heavy (non-hydrogen) atoms. The fraction of sp³-hybridized carbons (Fsp3) is 0.286. The number of rotatable bonds is 7. The van der Waals surface area contributed by atoms with Crippen LogP contribution in [-0.4, -0.2) is 74.1 Å². The van der Waals surface area contributed by atoms with Crippen LogP contribution in [0.25, 0.3) is 16.7 Å². The first-order valence-electron chi connectivity index (χ1n) is 13.2. The second-order valence-electron chi connectivity index (χ2n) is 10.1. The molecule has 1 aliphatic rings. The van der Waals surface area contributed by atoms with Gasteiger partial charge in [-0.05, 0) is 29.8 Å². The van der Waals surface area contributed by atoms with Crippen LogP contribution >= 0.6 is 11.6 Å². The lowest BCUT2D eigenvalue weighted by Gasteiger charge is -2.38. The normalized spacial score (nSPS) is 16.0. The number of anilines is 1. The Balaban J connectivity index is 1.36. The van der Waals surface area contributed by atoms with E-state index < -0.39 is 64.4 Å². The molecular weight excluding hydrogens is 628 g/mol. The number of amides is 1. The van der Waals surface area contributed by atoms with E-state index in [4.69, 9.17) is 16.3 Å². The third-order valence-corrected chi connectivity index (χ3v) is 7.54. The topological polar surface area (TPSA) is 149 Å². The minimum absolute atomic E-state index is 0.0408. The molecule has 1 amide bonds. The van der Waals surface area contributed by atoms with Crippen molar-refractivity contribution in [2.45, 2.75) is 24.7 Å². The Kier molecular flexibility index (Phi) is 8.62. The number of carbonyl (C=O) groups excluding carboxylic acids is 1. The second kappa shape index (κ2) is 12.3. The molecule has 0 spiro atoms. The SMILES string of the molecule is Cn1c(=O)n(-c2ccc(CC(NC(=O)c3c(F)cc(N4CCOC[C@@H]4C(F)(F)F)cc3Cl)C(=O)O)cn2)c(=O)c2ccncc21. The molecule has 0 bridgehead atoms. The molecule has 3 aromatic heterocycles. The van der Waals surface area contributed by atoms with Crippen LogP contribution in [0.5, 0.6) is 0 Å². The number of aromatic nitrogens is 4. The van der Waals surface area contributed by atoms with Crippen LogP contribution in [0.1, 0.15) is 15.9 Å². The first-order valence-corrected chi connectivity index (χ1v) is 13.6. The van der Waals surface area contributed by atoms with Gasteiger partial charge in [-0.25, -0.2) is 23.5 Å². The number of carboxylic acid groups (broad SMARTS) is 1. The van der Waals surface area contributed by atoms with E-state index in [1.165, 1.54) is 48.4 Å². The molecule has 0 radical (unpaired) electrons. The largest absolute Gasteiger partial charge is 0.480 e. The fourth-order valence-electron chi connectivity index (χ4n) is 4.96. The number of aryl methyl sites for hydroxylation is 1. The molecule has 2 N–H and O–H groups in total. The summed E-state index contributed by atoms with van der Waals surface area (Å²) >= 11 is 6.13. The maximum Gasteiger partial charge on any atom is 0.411 e. The van der Waals surface area contributed by atoms with Gasteiger partial charge in [-0.3, -0.25) is 19.1 Å². The molecule has 4 heterocycles. The van der Waals surface area contributed by atoms with Gasteiger partial charge in [0.25, 0.3) is 11.5 Å². The molecular formula is C28H23ClF4N6O6. The summed E-state index contributed by atoms with van der Waals surface area (Å²) in [6.45, 7) is -0.924. The molecule has 17 heteroatoms. The maximum atomic E-state index is 15.1. The highest BCUT2D eigenvalue weighted by Gasteiger charge is 2.45. The summed E-state index contributed by atoms with van der Waals surface area (Å²) in [6, 6.07) is 2.22. The zero-order valence-electron chi connectivity index (χ0n) is 23.2. The van der Waals surface area contributed by atoms with Crippen molar-refractivity contribution in [2.75, 3.05) is 24.7 Å². The van der Waals surface area contributed by atoms with Crippen molar-refractivity contribution >= 4 is 40.1 Å². The predicted octanol–water partition coefficient (Wildman–Crippen LogP) is 2.47. The van der Waals surface area contributed by atoms with Gasteiger partial charge in [0.1, 0.15) is 23.7 Å². The van der Waals surface area contributed by atoms with Crippen LogP contribution in [0, 0.1) is 5.82 Å². The number of carboxylic acids is 1. The first-order chi connectivity index (χ1) is 21.3. The minimum Gasteiger partial charge on any atom is -0.480 e. The molecule has 1 unspecified atom stereocenters. The molecule has 4 aromatic rings. The molecule has 5 rings (SSSR count). The van der Waals surface area contributed by atoms with Crippen molar-refractivity contribution in [2.24, 2.45) is 7.05 Å². The summed E-state index contributed by atoms with van der Waals surface area (Å²) in [4.78, 5) is 59.7. The third kappa shape index (κ3) is 6.23. The lowest BCUT2D eigenvalue weighted by atomic mass is 10.1. The molecule has 1 fully saturated rings. The zero-order valence-corrected chi connectivity index (χ0v) is 24.0. The highest BCUT2D eigenvalue weighted by atomic mass is 35.5. The van der Waals surface area contributed by atoms with Crippen LogP contribution in [-0.2, 0) is 23.0 Å². The third-order valence-electron chi connectivity index (χ3n) is 7.25. The molecule has 0 saturated carbocycles. The summed E-state index contributed by atoms with van der Waals surface area (Å²) in [5.41, 5.74) is -1.72. The van der Waals surface area contributed by atoms with Gasteiger partial charge < -0.3 is 20.1 Å². The van der Waals surface area contributed by atoms with E-state index in [-0.39, 0.29) is 42.0 Å². The van der Waals surface area contributed by atoms with Gasteiger partial charge in [0.15, 0.2) is 0 Å². The lowest BCUT2D eigenvalue weighted by Crippen LogP contribution is -2.53. The number of nitrogens with one attached hydrogen (secondary N) is 1. The Morgan fingerprint density at radius 1 is 1.20 bits per heavy atom. The average molecular weight is 651 g/mol. The first kappa shape index (κ1) is 31.6. The number of nitrogens with zero attached hydrogens (tertiary/aromatic N) is 5. The van der Waals surface area contributed by atoms with E-state index in [2.05, 4.69) is 15.3 Å². The average Bonchev–Trinajstić information content (AvgIpc) is 2.99. The number of fused-ring (bicyclic) bond motifs is 1. The lowest BCUT2D eigenvalue weighted by molar-refractivity contribution is -0.167. The maximum absolute atomic E-state index is 15.1. The van der Waals surface area contributed by atoms with Gasteiger partial charge in [0, 0.05) is 38.1 Å². The minimum atomic E-state index is -4.68. The number of benzene rings is 1. The summed E-state index contributed by atoms with van der Waals surface area (Å²) < 4.78 is 62.6. The Bertz CT molecular complexity index is 1890. The Hall–Kier alpha value is -4.83. The second-order valence-corrected chi connectivity index (χ2v) is 10.5.